The molecule has 2 aromatic rings. The van der Waals surface area contributed by atoms with Crippen LogP contribution >= 0.6 is 0 Å². The Balaban J connectivity index is 1.91. The van der Waals surface area contributed by atoms with Crippen LogP contribution in [0.25, 0.3) is 6.08 Å². The summed E-state index contributed by atoms with van der Waals surface area (Å²) < 4.78 is 23.4. The Morgan fingerprint density at radius 2 is 1.68 bits per heavy atom. The van der Waals surface area contributed by atoms with E-state index in [9.17, 15) is 18.8 Å². The Hall–Kier alpha value is -3.68. The molecule has 0 radical (unpaired) electrons. The summed E-state index contributed by atoms with van der Waals surface area (Å²) in [6.07, 6.45) is 1.36. The third kappa shape index (κ3) is 3.85. The van der Waals surface area contributed by atoms with E-state index >= 15 is 0 Å². The van der Waals surface area contributed by atoms with Crippen LogP contribution in [0.5, 0.6) is 11.5 Å². The van der Waals surface area contributed by atoms with Crippen LogP contribution in [0.2, 0.25) is 0 Å². The molecule has 0 atom stereocenters. The van der Waals surface area contributed by atoms with Gasteiger partial charge in [0.05, 0.1) is 20.8 Å². The lowest BCUT2D eigenvalue weighted by Gasteiger charge is -2.26. The number of nitrogens with zero attached hydrogens (tertiary/aromatic N) is 1. The quantitative estimate of drug-likeness (QED) is 0.633. The Morgan fingerprint density at radius 3 is 2.32 bits per heavy atom. The summed E-state index contributed by atoms with van der Waals surface area (Å²) in [6.45, 7) is -0.0957. The van der Waals surface area contributed by atoms with Crippen LogP contribution in [0, 0.1) is 5.82 Å². The molecule has 1 saturated heterocycles. The molecule has 2 aromatic carbocycles. The SMILES string of the molecule is COc1ccc(C=C2C(=O)NC(=O)N(Cc3ccc(F)cc3)C2=O)cc1OC. The third-order valence-corrected chi connectivity index (χ3v) is 4.16. The molecule has 0 aromatic heterocycles. The van der Waals surface area contributed by atoms with E-state index in [1.54, 1.807) is 18.2 Å². The molecule has 0 bridgehead atoms. The summed E-state index contributed by atoms with van der Waals surface area (Å²) in [5.41, 5.74) is 0.867. The van der Waals surface area contributed by atoms with E-state index in [2.05, 4.69) is 5.32 Å². The molecule has 144 valence electrons. The van der Waals surface area contributed by atoms with Crippen LogP contribution in [-0.2, 0) is 16.1 Å². The van der Waals surface area contributed by atoms with E-state index in [0.717, 1.165) is 4.90 Å². The van der Waals surface area contributed by atoms with Gasteiger partial charge in [-0.25, -0.2) is 9.18 Å². The molecular formula is C20H17FN2O5. The van der Waals surface area contributed by atoms with Crippen LogP contribution < -0.4 is 14.8 Å². The van der Waals surface area contributed by atoms with Crippen LogP contribution in [0.15, 0.2) is 48.0 Å². The Kier molecular flexibility index (Phi) is 5.39. The zero-order valence-corrected chi connectivity index (χ0v) is 15.2. The maximum Gasteiger partial charge on any atom is 0.331 e. The molecule has 4 amide bonds. The van der Waals surface area contributed by atoms with E-state index in [4.69, 9.17) is 9.47 Å². The fourth-order valence-electron chi connectivity index (χ4n) is 2.72. The second-order valence-corrected chi connectivity index (χ2v) is 5.95. The predicted octanol–water partition coefficient (Wildman–Crippen LogP) is 2.50. The van der Waals surface area contributed by atoms with E-state index < -0.39 is 23.7 Å². The summed E-state index contributed by atoms with van der Waals surface area (Å²) in [6, 6.07) is 9.44. The lowest BCUT2D eigenvalue weighted by atomic mass is 10.1. The molecule has 7 nitrogen and oxygen atoms in total. The number of hydrogen-bond donors (Lipinski definition) is 1. The molecule has 28 heavy (non-hydrogen) atoms. The molecule has 1 aliphatic rings. The van der Waals surface area contributed by atoms with Gasteiger partial charge in [-0.3, -0.25) is 19.8 Å². The van der Waals surface area contributed by atoms with Gasteiger partial charge in [0.25, 0.3) is 11.8 Å². The summed E-state index contributed by atoms with van der Waals surface area (Å²) in [7, 11) is 2.96. The first-order valence-corrected chi connectivity index (χ1v) is 8.28. The molecule has 0 aliphatic carbocycles. The van der Waals surface area contributed by atoms with Crippen molar-refractivity contribution in [3.05, 3.63) is 65.0 Å². The zero-order valence-electron chi connectivity index (χ0n) is 15.2. The highest BCUT2D eigenvalue weighted by atomic mass is 19.1. The number of amides is 4. The van der Waals surface area contributed by atoms with E-state index in [-0.39, 0.29) is 12.1 Å². The number of benzene rings is 2. The Morgan fingerprint density at radius 1 is 1.00 bits per heavy atom. The molecule has 0 saturated carbocycles. The van der Waals surface area contributed by atoms with Gasteiger partial charge in [-0.15, -0.1) is 0 Å². The first kappa shape index (κ1) is 19.1. The summed E-state index contributed by atoms with van der Waals surface area (Å²) in [4.78, 5) is 37.9. The highest BCUT2D eigenvalue weighted by Gasteiger charge is 2.35. The molecule has 1 N–H and O–H groups in total. The van der Waals surface area contributed by atoms with Gasteiger partial charge in [-0.05, 0) is 41.5 Å². The van der Waals surface area contributed by atoms with E-state index in [0.29, 0.717) is 22.6 Å². The number of methoxy groups -OCH3 is 2. The largest absolute Gasteiger partial charge is 0.493 e. The second-order valence-electron chi connectivity index (χ2n) is 5.95. The van der Waals surface area contributed by atoms with Crippen molar-refractivity contribution in [1.82, 2.24) is 10.2 Å². The average Bonchev–Trinajstić information content (AvgIpc) is 2.69. The van der Waals surface area contributed by atoms with Gasteiger partial charge in [0.1, 0.15) is 11.4 Å². The molecule has 0 spiro atoms. The van der Waals surface area contributed by atoms with Gasteiger partial charge in [0.2, 0.25) is 0 Å². The van der Waals surface area contributed by atoms with Gasteiger partial charge in [-0.2, -0.15) is 0 Å². The number of carbonyl (C=O) groups excluding carboxylic acids is 3. The van der Waals surface area contributed by atoms with Gasteiger partial charge in [-0.1, -0.05) is 18.2 Å². The maximum atomic E-state index is 13.1. The minimum Gasteiger partial charge on any atom is -0.493 e. The molecule has 0 unspecified atom stereocenters. The third-order valence-electron chi connectivity index (χ3n) is 4.16. The van der Waals surface area contributed by atoms with Crippen LogP contribution in [0.3, 0.4) is 0 Å². The Labute approximate surface area is 160 Å². The minimum atomic E-state index is -0.830. The van der Waals surface area contributed by atoms with E-state index in [1.807, 2.05) is 0 Å². The van der Waals surface area contributed by atoms with Crippen molar-refractivity contribution >= 4 is 23.9 Å². The number of nitrogens with one attached hydrogen (secondary N) is 1. The molecule has 1 aliphatic heterocycles. The minimum absolute atomic E-state index is 0.0957. The van der Waals surface area contributed by atoms with Crippen molar-refractivity contribution in [3.63, 3.8) is 0 Å². The number of barbiturate groups is 1. The normalized spacial score (nSPS) is 15.6. The summed E-state index contributed by atoms with van der Waals surface area (Å²) in [5, 5.41) is 2.14. The number of imide groups is 2. The van der Waals surface area contributed by atoms with Crippen molar-refractivity contribution < 1.29 is 28.2 Å². The van der Waals surface area contributed by atoms with Crippen molar-refractivity contribution in [2.45, 2.75) is 6.54 Å². The van der Waals surface area contributed by atoms with Crippen molar-refractivity contribution in [2.24, 2.45) is 0 Å². The highest BCUT2D eigenvalue weighted by Crippen LogP contribution is 2.29. The molecular weight excluding hydrogens is 367 g/mol. The smallest absolute Gasteiger partial charge is 0.331 e. The maximum absolute atomic E-state index is 13.1. The van der Waals surface area contributed by atoms with Crippen LogP contribution in [0.4, 0.5) is 9.18 Å². The summed E-state index contributed by atoms with van der Waals surface area (Å²) in [5.74, 6) is -1.03. The zero-order chi connectivity index (χ0) is 20.3. The van der Waals surface area contributed by atoms with Crippen molar-refractivity contribution in [1.29, 1.82) is 0 Å². The fraction of sp³-hybridized carbons (Fsp3) is 0.150. The van der Waals surface area contributed by atoms with Crippen molar-refractivity contribution in [2.75, 3.05) is 14.2 Å². The number of urea groups is 1. The van der Waals surface area contributed by atoms with Gasteiger partial charge in [0, 0.05) is 0 Å². The van der Waals surface area contributed by atoms with Crippen LogP contribution in [-0.4, -0.2) is 37.0 Å². The summed E-state index contributed by atoms with van der Waals surface area (Å²) >= 11 is 0. The highest BCUT2D eigenvalue weighted by molar-refractivity contribution is 6.30. The molecule has 1 fully saturated rings. The molecule has 3 rings (SSSR count). The number of carbonyl (C=O) groups is 3. The molecule has 8 heteroatoms. The fourth-order valence-corrected chi connectivity index (χ4v) is 2.72. The second kappa shape index (κ2) is 7.91. The van der Waals surface area contributed by atoms with Crippen LogP contribution in [0.1, 0.15) is 11.1 Å². The number of hydrogen-bond acceptors (Lipinski definition) is 5. The van der Waals surface area contributed by atoms with E-state index in [1.165, 1.54) is 44.6 Å². The van der Waals surface area contributed by atoms with Gasteiger partial charge in [0.15, 0.2) is 11.5 Å². The number of halogens is 1. The number of rotatable bonds is 5. The molecule has 1 heterocycles. The lowest BCUT2D eigenvalue weighted by molar-refractivity contribution is -0.130. The monoisotopic (exact) mass is 384 g/mol. The van der Waals surface area contributed by atoms with Gasteiger partial charge >= 0.3 is 6.03 Å². The standard InChI is InChI=1S/C20H17FN2O5/c1-27-16-8-5-13(10-17(16)28-2)9-15-18(24)22-20(26)23(19(15)25)11-12-3-6-14(21)7-4-12/h3-10H,11H2,1-2H3,(H,22,24,26). The first-order chi connectivity index (χ1) is 13.4. The Bertz CT molecular complexity index is 969. The van der Waals surface area contributed by atoms with Crippen molar-refractivity contribution in [3.8, 4) is 11.5 Å². The van der Waals surface area contributed by atoms with Gasteiger partial charge < -0.3 is 9.47 Å². The predicted molar refractivity (Wildman–Crippen MR) is 98.0 cm³/mol. The first-order valence-electron chi connectivity index (χ1n) is 8.28. The number of ether oxygens (including phenoxy) is 2. The average molecular weight is 384 g/mol. The topological polar surface area (TPSA) is 84.9 Å². The lowest BCUT2D eigenvalue weighted by Crippen LogP contribution is -2.53.